The van der Waals surface area contributed by atoms with Gasteiger partial charge in [0.2, 0.25) is 0 Å². The Kier molecular flexibility index (Phi) is 5.89. The van der Waals surface area contributed by atoms with Crippen LogP contribution < -0.4 is 10.2 Å². The lowest BCUT2D eigenvalue weighted by atomic mass is 10.0. The van der Waals surface area contributed by atoms with Gasteiger partial charge in [0.25, 0.3) is 5.69 Å². The summed E-state index contributed by atoms with van der Waals surface area (Å²) in [6.07, 6.45) is 3.68. The third-order valence-electron chi connectivity index (χ3n) is 5.92. The Morgan fingerprint density at radius 1 is 1.06 bits per heavy atom. The fourth-order valence-electron chi connectivity index (χ4n) is 4.34. The Balaban J connectivity index is 1.67. The number of halogens is 1. The first-order chi connectivity index (χ1) is 16.4. The number of nitro groups is 1. The van der Waals surface area contributed by atoms with Gasteiger partial charge in [-0.3, -0.25) is 15.1 Å². The predicted octanol–water partition coefficient (Wildman–Crippen LogP) is 6.03. The summed E-state index contributed by atoms with van der Waals surface area (Å²) in [5.74, 6) is 0. The second kappa shape index (κ2) is 9.00. The van der Waals surface area contributed by atoms with Crippen LogP contribution in [0.1, 0.15) is 29.0 Å². The number of rotatable bonds is 5. The van der Waals surface area contributed by atoms with Crippen LogP contribution in [0.3, 0.4) is 0 Å². The van der Waals surface area contributed by atoms with E-state index in [0.29, 0.717) is 10.8 Å². The number of non-ortho nitro benzene ring substituents is 1. The number of pyridine rings is 1. The van der Waals surface area contributed by atoms with Crippen LogP contribution in [0.4, 0.5) is 11.4 Å². The fourth-order valence-corrected chi connectivity index (χ4v) is 4.93. The zero-order chi connectivity index (χ0) is 23.8. The second-order valence-corrected chi connectivity index (χ2v) is 9.25. The van der Waals surface area contributed by atoms with Crippen LogP contribution in [0.2, 0.25) is 0 Å². The molecule has 0 bridgehead atoms. The van der Waals surface area contributed by atoms with Crippen LogP contribution in [-0.4, -0.2) is 19.6 Å². The maximum absolute atomic E-state index is 11.4. The molecule has 1 fully saturated rings. The van der Waals surface area contributed by atoms with E-state index in [4.69, 9.17) is 12.2 Å². The number of aromatic nitrogens is 2. The highest BCUT2D eigenvalue weighted by molar-refractivity contribution is 9.10. The highest BCUT2D eigenvalue weighted by Crippen LogP contribution is 2.43. The third-order valence-corrected chi connectivity index (χ3v) is 7.12. The monoisotopic (exact) mass is 533 g/mol. The highest BCUT2D eigenvalue weighted by atomic mass is 79.9. The van der Waals surface area contributed by atoms with E-state index in [1.54, 1.807) is 18.3 Å². The van der Waals surface area contributed by atoms with Gasteiger partial charge in [-0.15, -0.1) is 0 Å². The number of aryl methyl sites for hydroxylation is 1. The molecule has 0 spiro atoms. The van der Waals surface area contributed by atoms with E-state index in [2.05, 4.69) is 37.2 Å². The maximum atomic E-state index is 11.4. The molecule has 3 heterocycles. The van der Waals surface area contributed by atoms with Gasteiger partial charge in [0.15, 0.2) is 5.11 Å². The number of nitrogens with zero attached hydrogens (tertiary/aromatic N) is 4. The van der Waals surface area contributed by atoms with Crippen LogP contribution in [0, 0.1) is 17.0 Å². The van der Waals surface area contributed by atoms with E-state index >= 15 is 0 Å². The normalized spacial score (nSPS) is 17.6. The molecular weight excluding hydrogens is 514 g/mol. The molecule has 2 aromatic heterocycles. The number of benzene rings is 2. The zero-order valence-electron chi connectivity index (χ0n) is 18.1. The van der Waals surface area contributed by atoms with Crippen molar-refractivity contribution in [3.8, 4) is 5.69 Å². The Labute approximate surface area is 210 Å². The van der Waals surface area contributed by atoms with Crippen molar-refractivity contribution in [3.63, 3.8) is 0 Å². The second-order valence-electron chi connectivity index (χ2n) is 8.01. The summed E-state index contributed by atoms with van der Waals surface area (Å²) in [6, 6.07) is 22.1. The molecule has 170 valence electrons. The first kappa shape index (κ1) is 22.2. The average molecular weight is 534 g/mol. The van der Waals surface area contributed by atoms with E-state index in [-0.39, 0.29) is 22.7 Å². The lowest BCUT2D eigenvalue weighted by Crippen LogP contribution is -2.30. The van der Waals surface area contributed by atoms with Gasteiger partial charge in [0.05, 0.1) is 22.3 Å². The van der Waals surface area contributed by atoms with Crippen LogP contribution in [-0.2, 0) is 0 Å². The first-order valence-corrected chi connectivity index (χ1v) is 11.8. The molecule has 1 saturated heterocycles. The number of hydrogen-bond acceptors (Lipinski definition) is 4. The molecule has 1 aliphatic rings. The van der Waals surface area contributed by atoms with Crippen molar-refractivity contribution >= 4 is 44.6 Å². The fraction of sp³-hybridized carbons (Fsp3) is 0.120. The molecule has 0 amide bonds. The van der Waals surface area contributed by atoms with Crippen molar-refractivity contribution in [1.82, 2.24) is 14.9 Å². The topological polar surface area (TPSA) is 76.2 Å². The Morgan fingerprint density at radius 3 is 2.65 bits per heavy atom. The number of anilines is 1. The highest BCUT2D eigenvalue weighted by Gasteiger charge is 2.42. The molecule has 5 rings (SSSR count). The van der Waals surface area contributed by atoms with Gasteiger partial charge in [0, 0.05) is 40.4 Å². The van der Waals surface area contributed by atoms with Crippen molar-refractivity contribution in [2.45, 2.75) is 19.0 Å². The summed E-state index contributed by atoms with van der Waals surface area (Å²) in [5, 5.41) is 15.4. The molecule has 2 atom stereocenters. The zero-order valence-corrected chi connectivity index (χ0v) is 20.5. The summed E-state index contributed by atoms with van der Waals surface area (Å²) in [6.45, 7) is 2.04. The molecule has 1 N–H and O–H groups in total. The molecule has 0 aliphatic carbocycles. The number of hydrogen-bond donors (Lipinski definition) is 1. The van der Waals surface area contributed by atoms with E-state index in [9.17, 15) is 10.1 Å². The van der Waals surface area contributed by atoms with Gasteiger partial charge in [-0.25, -0.2) is 0 Å². The third kappa shape index (κ3) is 3.97. The predicted molar refractivity (Wildman–Crippen MR) is 139 cm³/mol. The summed E-state index contributed by atoms with van der Waals surface area (Å²) in [4.78, 5) is 17.7. The summed E-state index contributed by atoms with van der Waals surface area (Å²) < 4.78 is 2.99. The Bertz CT molecular complexity index is 1390. The summed E-state index contributed by atoms with van der Waals surface area (Å²) in [5.41, 5.74) is 4.59. The smallest absolute Gasteiger partial charge is 0.271 e. The van der Waals surface area contributed by atoms with Crippen molar-refractivity contribution in [2.24, 2.45) is 0 Å². The largest absolute Gasteiger partial charge is 0.351 e. The van der Waals surface area contributed by atoms with Gasteiger partial charge in [0.1, 0.15) is 6.04 Å². The maximum Gasteiger partial charge on any atom is 0.271 e. The van der Waals surface area contributed by atoms with E-state index < -0.39 is 0 Å². The van der Waals surface area contributed by atoms with Gasteiger partial charge in [-0.2, -0.15) is 0 Å². The minimum atomic E-state index is -0.382. The lowest BCUT2D eigenvalue weighted by molar-refractivity contribution is -0.384. The average Bonchev–Trinajstić information content (AvgIpc) is 3.46. The number of nitro benzene ring substituents is 1. The van der Waals surface area contributed by atoms with Gasteiger partial charge < -0.3 is 14.8 Å². The molecule has 1 aliphatic heterocycles. The Hall–Kier alpha value is -3.56. The quantitative estimate of drug-likeness (QED) is 0.192. The molecule has 2 aromatic carbocycles. The molecule has 0 unspecified atom stereocenters. The minimum absolute atomic E-state index is 0.0406. The van der Waals surface area contributed by atoms with E-state index in [1.165, 1.54) is 6.07 Å². The molecule has 0 radical (unpaired) electrons. The van der Waals surface area contributed by atoms with Crippen molar-refractivity contribution in [1.29, 1.82) is 0 Å². The van der Waals surface area contributed by atoms with Crippen molar-refractivity contribution in [2.75, 3.05) is 4.90 Å². The Morgan fingerprint density at radius 2 is 1.91 bits per heavy atom. The molecule has 34 heavy (non-hydrogen) atoms. The van der Waals surface area contributed by atoms with Gasteiger partial charge >= 0.3 is 0 Å². The van der Waals surface area contributed by atoms with Crippen LogP contribution in [0.25, 0.3) is 5.69 Å². The number of nitrogens with one attached hydrogen (secondary N) is 1. The summed E-state index contributed by atoms with van der Waals surface area (Å²) in [7, 11) is 0. The molecule has 9 heteroatoms. The standard InChI is InChI=1S/C25H20BrN5O2S/c1-16-14-18(10-11-20(16)26)30-24(23(28-25(30)34)21-8-2-3-12-27-21)22-9-5-13-29(22)17-6-4-7-19(15-17)31(32)33/h2-15,23-24H,1H3,(H,28,34)/t23-,24+/m0/s1. The number of thiocarbonyl (C=S) groups is 1. The van der Waals surface area contributed by atoms with Crippen molar-refractivity contribution < 1.29 is 4.92 Å². The van der Waals surface area contributed by atoms with E-state index in [0.717, 1.165) is 27.1 Å². The molecule has 7 nitrogen and oxygen atoms in total. The molecular formula is C25H20BrN5O2S. The first-order valence-electron chi connectivity index (χ1n) is 10.6. The van der Waals surface area contributed by atoms with Crippen LogP contribution in [0.5, 0.6) is 0 Å². The van der Waals surface area contributed by atoms with Crippen molar-refractivity contribution in [3.05, 3.63) is 117 Å². The van der Waals surface area contributed by atoms with Crippen LogP contribution in [0.15, 0.2) is 89.7 Å². The molecule has 0 saturated carbocycles. The van der Waals surface area contributed by atoms with Gasteiger partial charge in [-0.1, -0.05) is 28.1 Å². The molecule has 4 aromatic rings. The SMILES string of the molecule is Cc1cc(N2C(=S)N[C@@H](c3ccccn3)[C@H]2c2cccn2-c2cccc([N+](=O)[O-])c2)ccc1Br. The van der Waals surface area contributed by atoms with Gasteiger partial charge in [-0.05, 0) is 73.2 Å². The summed E-state index contributed by atoms with van der Waals surface area (Å²) >= 11 is 9.40. The minimum Gasteiger partial charge on any atom is -0.351 e. The van der Waals surface area contributed by atoms with E-state index in [1.807, 2.05) is 66.2 Å². The van der Waals surface area contributed by atoms with Crippen LogP contribution >= 0.6 is 28.1 Å². The lowest BCUT2D eigenvalue weighted by Gasteiger charge is -2.29.